The van der Waals surface area contributed by atoms with Crippen molar-refractivity contribution < 1.29 is 14.9 Å². The number of aliphatic hydroxyl groups is 2. The minimum Gasteiger partial charge on any atom is -0.387 e. The van der Waals surface area contributed by atoms with Crippen LogP contribution in [-0.4, -0.2) is 71.1 Å². The minimum absolute atomic E-state index is 0.204. The molecule has 1 aromatic rings. The Morgan fingerprint density at radius 1 is 1.15 bits per heavy atom. The van der Waals surface area contributed by atoms with Gasteiger partial charge >= 0.3 is 0 Å². The number of rotatable bonds is 10. The van der Waals surface area contributed by atoms with Gasteiger partial charge in [0.05, 0.1) is 17.5 Å². The number of anilines is 2. The maximum Gasteiger partial charge on any atom is 0.138 e. The topological polar surface area (TPSA) is 115 Å². The lowest BCUT2D eigenvalue weighted by Gasteiger charge is -2.46. The van der Waals surface area contributed by atoms with Gasteiger partial charge in [-0.3, -0.25) is 10.2 Å². The van der Waals surface area contributed by atoms with Crippen molar-refractivity contribution in [2.24, 2.45) is 11.7 Å². The van der Waals surface area contributed by atoms with Crippen LogP contribution >= 0.6 is 0 Å². The van der Waals surface area contributed by atoms with Crippen molar-refractivity contribution in [3.8, 4) is 0 Å². The summed E-state index contributed by atoms with van der Waals surface area (Å²) in [4.78, 5) is 2.43. The van der Waals surface area contributed by atoms with Crippen LogP contribution in [0.5, 0.6) is 0 Å². The van der Waals surface area contributed by atoms with Gasteiger partial charge in [0.25, 0.3) is 0 Å². The Bertz CT molecular complexity index is 857. The number of ether oxygens (including phenoxy) is 1. The highest BCUT2D eigenvalue weighted by Gasteiger charge is 2.45. The van der Waals surface area contributed by atoms with Crippen molar-refractivity contribution in [1.82, 2.24) is 10.2 Å². The van der Waals surface area contributed by atoms with Gasteiger partial charge in [0, 0.05) is 25.3 Å². The van der Waals surface area contributed by atoms with Gasteiger partial charge in [-0.15, -0.1) is 0 Å². The lowest BCUT2D eigenvalue weighted by Crippen LogP contribution is -2.52. The van der Waals surface area contributed by atoms with E-state index in [0.29, 0.717) is 30.2 Å². The third-order valence-corrected chi connectivity index (χ3v) is 8.65. The number of nitrogens with one attached hydrogen (secondary N) is 3. The molecule has 3 fully saturated rings. The van der Waals surface area contributed by atoms with Crippen molar-refractivity contribution in [1.29, 1.82) is 0 Å². The third-order valence-electron chi connectivity index (χ3n) is 8.65. The van der Waals surface area contributed by atoms with Crippen LogP contribution in [0.2, 0.25) is 0 Å². The van der Waals surface area contributed by atoms with Gasteiger partial charge in [-0.25, -0.2) is 0 Å². The largest absolute Gasteiger partial charge is 0.387 e. The molecule has 0 radical (unpaired) electrons. The van der Waals surface area contributed by atoms with Gasteiger partial charge in [0.2, 0.25) is 0 Å². The molecule has 8 heteroatoms. The first-order chi connectivity index (χ1) is 16.3. The van der Waals surface area contributed by atoms with Crippen LogP contribution in [0.15, 0.2) is 18.2 Å². The Labute approximate surface area is 203 Å². The van der Waals surface area contributed by atoms with Crippen molar-refractivity contribution >= 4 is 11.4 Å². The average molecular weight is 474 g/mol. The smallest absolute Gasteiger partial charge is 0.138 e. The van der Waals surface area contributed by atoms with Crippen LogP contribution in [-0.2, 0) is 10.2 Å². The van der Waals surface area contributed by atoms with E-state index >= 15 is 0 Å². The average Bonchev–Trinajstić information content (AvgIpc) is 3.31. The third kappa shape index (κ3) is 4.81. The first-order valence-corrected chi connectivity index (χ1v) is 13.2. The van der Waals surface area contributed by atoms with E-state index in [4.69, 9.17) is 10.5 Å². The molecule has 1 unspecified atom stereocenters. The molecular weight excluding hydrogens is 430 g/mol. The summed E-state index contributed by atoms with van der Waals surface area (Å²) in [5.41, 5.74) is 9.88. The molecule has 5 atom stereocenters. The number of hydrogen-bond acceptors (Lipinski definition) is 8. The summed E-state index contributed by atoms with van der Waals surface area (Å²) in [6.45, 7) is 7.58. The van der Waals surface area contributed by atoms with Gasteiger partial charge in [-0.1, -0.05) is 13.0 Å². The Kier molecular flexibility index (Phi) is 6.83. The first kappa shape index (κ1) is 24.3. The quantitative estimate of drug-likeness (QED) is 0.287. The Hall–Kier alpha value is -1.42. The Morgan fingerprint density at radius 3 is 2.56 bits per heavy atom. The fourth-order valence-electron chi connectivity index (χ4n) is 5.98. The molecule has 2 heterocycles. The van der Waals surface area contributed by atoms with Gasteiger partial charge in [-0.2, -0.15) is 0 Å². The van der Waals surface area contributed by atoms with E-state index in [0.717, 1.165) is 12.3 Å². The molecule has 1 aromatic carbocycles. The lowest BCUT2D eigenvalue weighted by molar-refractivity contribution is -0.0495. The van der Waals surface area contributed by atoms with Gasteiger partial charge in [0.1, 0.15) is 24.5 Å². The van der Waals surface area contributed by atoms with E-state index in [1.807, 2.05) is 0 Å². The summed E-state index contributed by atoms with van der Waals surface area (Å²) in [5.74, 6) is 0.728. The molecule has 2 saturated carbocycles. The molecule has 2 aliphatic carbocycles. The van der Waals surface area contributed by atoms with Crippen molar-refractivity contribution in [3.05, 3.63) is 23.8 Å². The molecular formula is C26H43N5O3. The molecule has 0 amide bonds. The van der Waals surface area contributed by atoms with Crippen LogP contribution in [0, 0.1) is 5.92 Å². The van der Waals surface area contributed by atoms with E-state index in [1.54, 1.807) is 0 Å². The minimum atomic E-state index is -0.949. The first-order valence-electron chi connectivity index (χ1n) is 13.2. The van der Waals surface area contributed by atoms with E-state index in [9.17, 15) is 10.2 Å². The molecule has 4 aliphatic rings. The summed E-state index contributed by atoms with van der Waals surface area (Å²) in [7, 11) is 0. The fraction of sp³-hybridized carbons (Fsp3) is 0.769. The Balaban J connectivity index is 1.07. The highest BCUT2D eigenvalue weighted by atomic mass is 16.6. The molecule has 1 saturated heterocycles. The maximum absolute atomic E-state index is 10.5. The molecule has 5 rings (SSSR count). The number of hydrogen-bond donors (Lipinski definition) is 6. The summed E-state index contributed by atoms with van der Waals surface area (Å²) >= 11 is 0. The molecule has 0 aromatic heterocycles. The van der Waals surface area contributed by atoms with E-state index < -0.39 is 24.5 Å². The van der Waals surface area contributed by atoms with E-state index in [-0.39, 0.29) is 6.67 Å². The number of fused-ring (bicyclic) bond motifs is 1. The monoisotopic (exact) mass is 473 g/mol. The fourth-order valence-corrected chi connectivity index (χ4v) is 5.98. The molecule has 0 spiro atoms. The van der Waals surface area contributed by atoms with Crippen LogP contribution in [0.1, 0.15) is 64.9 Å². The van der Waals surface area contributed by atoms with Crippen molar-refractivity contribution in [2.75, 3.05) is 23.8 Å². The number of benzene rings is 1. The van der Waals surface area contributed by atoms with Gasteiger partial charge in [-0.05, 0) is 81.4 Å². The standard InChI is InChI=1S/C26H43N5O3/c1-15(2)31(13-21-23(32)24(33)25(34-21)28-14-27)18-10-16(11-18)4-7-22-29-19-6-5-17(12-20(19)30-22)26(3)8-9-26/h5-6,12,15-16,18,21-25,28-30,32-33H,4,7-11,13-14,27H2,1-3H3/t16?,18?,21-,22?,23-,24-,25-/m1/s1. The highest BCUT2D eigenvalue weighted by molar-refractivity contribution is 5.75. The lowest BCUT2D eigenvalue weighted by atomic mass is 9.76. The zero-order valence-corrected chi connectivity index (χ0v) is 20.8. The van der Waals surface area contributed by atoms with Crippen molar-refractivity contribution in [3.63, 3.8) is 0 Å². The highest BCUT2D eigenvalue weighted by Crippen LogP contribution is 2.49. The molecule has 34 heavy (non-hydrogen) atoms. The molecule has 0 bridgehead atoms. The molecule has 190 valence electrons. The molecule has 2 aliphatic heterocycles. The van der Waals surface area contributed by atoms with Crippen LogP contribution < -0.4 is 21.7 Å². The summed E-state index contributed by atoms with van der Waals surface area (Å²) in [6, 6.07) is 7.74. The van der Waals surface area contributed by atoms with Gasteiger partial charge in [0.15, 0.2) is 0 Å². The SMILES string of the molecule is CC(C)N(C[C@H]1O[C@@H](NCN)[C@H](O)[C@@H]1O)C1CC(CCC2Nc3ccc(C4(C)CC4)cc3N2)C1. The second-order valence-electron chi connectivity index (χ2n) is 11.5. The van der Waals surface area contributed by atoms with Gasteiger partial charge < -0.3 is 31.3 Å². The number of nitrogens with zero attached hydrogens (tertiary/aromatic N) is 1. The van der Waals surface area contributed by atoms with Crippen LogP contribution in [0.3, 0.4) is 0 Å². The second kappa shape index (κ2) is 9.56. The van der Waals surface area contributed by atoms with Crippen LogP contribution in [0.25, 0.3) is 0 Å². The summed E-state index contributed by atoms with van der Waals surface area (Å²) in [5, 5.41) is 30.9. The number of nitrogens with two attached hydrogens (primary N) is 1. The maximum atomic E-state index is 10.5. The van der Waals surface area contributed by atoms with E-state index in [1.165, 1.54) is 49.0 Å². The van der Waals surface area contributed by atoms with Crippen molar-refractivity contribution in [2.45, 2.75) is 108 Å². The van der Waals surface area contributed by atoms with Crippen LogP contribution in [0.4, 0.5) is 11.4 Å². The zero-order valence-electron chi connectivity index (χ0n) is 20.8. The Morgan fingerprint density at radius 2 is 1.88 bits per heavy atom. The summed E-state index contributed by atoms with van der Waals surface area (Å²) in [6.07, 6.45) is 4.73. The normalized spacial score (nSPS) is 35.7. The number of aliphatic hydroxyl groups excluding tert-OH is 2. The zero-order chi connectivity index (χ0) is 24.0. The predicted molar refractivity (Wildman–Crippen MR) is 135 cm³/mol. The second-order valence-corrected chi connectivity index (χ2v) is 11.5. The predicted octanol–water partition coefficient (Wildman–Crippen LogP) is 2.12. The summed E-state index contributed by atoms with van der Waals surface area (Å²) < 4.78 is 5.88. The molecule has 7 N–H and O–H groups in total. The molecule has 8 nitrogen and oxygen atoms in total. The van der Waals surface area contributed by atoms with E-state index in [2.05, 4.69) is 59.8 Å².